The van der Waals surface area contributed by atoms with Crippen molar-refractivity contribution >= 4 is 29.3 Å². The summed E-state index contributed by atoms with van der Waals surface area (Å²) in [6, 6.07) is 12.6. The molecule has 2 aromatic rings. The van der Waals surface area contributed by atoms with Gasteiger partial charge in [0.15, 0.2) is 5.78 Å². The highest BCUT2D eigenvalue weighted by molar-refractivity contribution is 7.99. The first kappa shape index (κ1) is 19.5. The van der Waals surface area contributed by atoms with Gasteiger partial charge >= 0.3 is 0 Å². The highest BCUT2D eigenvalue weighted by atomic mass is 32.2. The van der Waals surface area contributed by atoms with Gasteiger partial charge in [-0.15, -0.1) is 23.5 Å². The number of thioether (sulfide) groups is 2. The molecule has 3 rings (SSSR count). The van der Waals surface area contributed by atoms with Gasteiger partial charge in [-0.3, -0.25) is 4.79 Å². The Balaban J connectivity index is 1.71. The van der Waals surface area contributed by atoms with E-state index in [9.17, 15) is 4.79 Å². The minimum absolute atomic E-state index is 0.156. The second-order valence-electron chi connectivity index (χ2n) is 6.43. The third-order valence-corrected chi connectivity index (χ3v) is 6.66. The first-order valence-corrected chi connectivity index (χ1v) is 11.2. The molecule has 0 aromatic heterocycles. The number of rotatable bonds is 10. The molecule has 0 saturated carbocycles. The summed E-state index contributed by atoms with van der Waals surface area (Å²) in [5, 5.41) is 0. The van der Waals surface area contributed by atoms with E-state index in [1.54, 1.807) is 23.5 Å². The number of fused-ring (bicyclic) bond motifs is 3. The van der Waals surface area contributed by atoms with Gasteiger partial charge in [0.2, 0.25) is 0 Å². The molecular formula is C21H26N2OS2. The van der Waals surface area contributed by atoms with Gasteiger partial charge in [-0.1, -0.05) is 12.1 Å². The van der Waals surface area contributed by atoms with Crippen molar-refractivity contribution in [2.45, 2.75) is 35.5 Å². The molecule has 5 heteroatoms. The standard InChI is InChI=1S/C21H26N2OS2/c22-9-1-3-11-25-15-5-7-17-18-8-6-16(26-12-4-2-10-23)14-20(18)21(24)19(17)13-15/h5-8,13-14H,1-4,9-12,22-23H2. The van der Waals surface area contributed by atoms with Crippen molar-refractivity contribution in [1.29, 1.82) is 0 Å². The first-order valence-electron chi connectivity index (χ1n) is 9.23. The monoisotopic (exact) mass is 386 g/mol. The van der Waals surface area contributed by atoms with E-state index in [1.165, 1.54) is 9.79 Å². The molecule has 4 N–H and O–H groups in total. The zero-order valence-electron chi connectivity index (χ0n) is 15.0. The molecule has 0 spiro atoms. The minimum atomic E-state index is 0.156. The lowest BCUT2D eigenvalue weighted by atomic mass is 10.1. The van der Waals surface area contributed by atoms with Crippen LogP contribution in [0.1, 0.15) is 41.6 Å². The van der Waals surface area contributed by atoms with Crippen LogP contribution in [0.2, 0.25) is 0 Å². The molecule has 0 heterocycles. The van der Waals surface area contributed by atoms with Gasteiger partial charge in [0.25, 0.3) is 0 Å². The fourth-order valence-electron chi connectivity index (χ4n) is 3.09. The number of hydrogen-bond donors (Lipinski definition) is 2. The van der Waals surface area contributed by atoms with Crippen LogP contribution in [0.25, 0.3) is 11.1 Å². The molecular weight excluding hydrogens is 360 g/mol. The molecule has 26 heavy (non-hydrogen) atoms. The summed E-state index contributed by atoms with van der Waals surface area (Å²) in [5.74, 6) is 2.24. The van der Waals surface area contributed by atoms with E-state index < -0.39 is 0 Å². The van der Waals surface area contributed by atoms with Gasteiger partial charge in [-0.25, -0.2) is 0 Å². The maximum absolute atomic E-state index is 12.9. The van der Waals surface area contributed by atoms with Gasteiger partial charge in [-0.05, 0) is 85.7 Å². The Morgan fingerprint density at radius 1 is 0.654 bits per heavy atom. The molecule has 138 valence electrons. The van der Waals surface area contributed by atoms with Crippen molar-refractivity contribution in [3.8, 4) is 11.1 Å². The SMILES string of the molecule is NCCCCSc1ccc2c(c1)C(=O)c1cc(SCCCCN)ccc1-2. The third kappa shape index (κ3) is 4.52. The van der Waals surface area contributed by atoms with E-state index in [0.29, 0.717) is 0 Å². The van der Waals surface area contributed by atoms with Crippen LogP contribution >= 0.6 is 23.5 Å². The summed E-state index contributed by atoms with van der Waals surface area (Å²) in [4.78, 5) is 15.2. The van der Waals surface area contributed by atoms with Crippen molar-refractivity contribution in [3.63, 3.8) is 0 Å². The summed E-state index contributed by atoms with van der Waals surface area (Å²) in [6.45, 7) is 1.48. The summed E-state index contributed by atoms with van der Waals surface area (Å²) >= 11 is 3.61. The topological polar surface area (TPSA) is 69.1 Å². The van der Waals surface area contributed by atoms with Crippen LogP contribution < -0.4 is 11.5 Å². The normalized spacial score (nSPS) is 12.3. The van der Waals surface area contributed by atoms with Crippen molar-refractivity contribution in [3.05, 3.63) is 47.5 Å². The molecule has 0 bridgehead atoms. The largest absolute Gasteiger partial charge is 0.330 e. The molecule has 0 fully saturated rings. The quantitative estimate of drug-likeness (QED) is 0.395. The molecule has 2 aromatic carbocycles. The van der Waals surface area contributed by atoms with Crippen molar-refractivity contribution < 1.29 is 4.79 Å². The van der Waals surface area contributed by atoms with Gasteiger partial charge in [-0.2, -0.15) is 0 Å². The van der Waals surface area contributed by atoms with E-state index in [-0.39, 0.29) is 5.78 Å². The number of benzene rings is 2. The molecule has 0 atom stereocenters. The molecule has 0 aliphatic heterocycles. The Labute approximate surface area is 164 Å². The Morgan fingerprint density at radius 2 is 1.12 bits per heavy atom. The second kappa shape index (κ2) is 9.60. The number of ketones is 1. The predicted octanol–water partition coefficient (Wildman–Crippen LogP) is 4.56. The van der Waals surface area contributed by atoms with Crippen LogP contribution in [-0.2, 0) is 0 Å². The third-order valence-electron chi connectivity index (χ3n) is 4.50. The molecule has 3 nitrogen and oxygen atoms in total. The predicted molar refractivity (Wildman–Crippen MR) is 113 cm³/mol. The maximum atomic E-state index is 12.9. The molecule has 0 saturated heterocycles. The van der Waals surface area contributed by atoms with Crippen molar-refractivity contribution in [2.24, 2.45) is 11.5 Å². The number of carbonyl (C=O) groups excluding carboxylic acids is 1. The highest BCUT2D eigenvalue weighted by Gasteiger charge is 2.27. The fourth-order valence-corrected chi connectivity index (χ4v) is 4.99. The Bertz CT molecular complexity index is 713. The van der Waals surface area contributed by atoms with Gasteiger partial charge < -0.3 is 11.5 Å². The molecule has 0 unspecified atom stereocenters. The summed E-state index contributed by atoms with van der Waals surface area (Å²) in [5.41, 5.74) is 14.9. The van der Waals surface area contributed by atoms with E-state index in [4.69, 9.17) is 11.5 Å². The fraction of sp³-hybridized carbons (Fsp3) is 0.381. The summed E-state index contributed by atoms with van der Waals surface area (Å²) < 4.78 is 0. The Kier molecular flexibility index (Phi) is 7.20. The van der Waals surface area contributed by atoms with Crippen molar-refractivity contribution in [1.82, 2.24) is 0 Å². The first-order chi connectivity index (χ1) is 12.7. The smallest absolute Gasteiger partial charge is 0.194 e. The van der Waals surface area contributed by atoms with Crippen LogP contribution in [-0.4, -0.2) is 30.4 Å². The zero-order valence-corrected chi connectivity index (χ0v) is 16.6. The summed E-state index contributed by atoms with van der Waals surface area (Å²) in [7, 11) is 0. The van der Waals surface area contributed by atoms with Crippen LogP contribution in [0, 0.1) is 0 Å². The zero-order chi connectivity index (χ0) is 18.4. The van der Waals surface area contributed by atoms with Crippen LogP contribution in [0.3, 0.4) is 0 Å². The van der Waals surface area contributed by atoms with E-state index >= 15 is 0 Å². The Hall–Kier alpha value is -1.27. The van der Waals surface area contributed by atoms with E-state index in [0.717, 1.165) is 72.5 Å². The van der Waals surface area contributed by atoms with Crippen LogP contribution in [0.4, 0.5) is 0 Å². The van der Waals surface area contributed by atoms with Gasteiger partial charge in [0.05, 0.1) is 0 Å². The maximum Gasteiger partial charge on any atom is 0.194 e. The number of nitrogens with two attached hydrogens (primary N) is 2. The minimum Gasteiger partial charge on any atom is -0.330 e. The van der Waals surface area contributed by atoms with Gasteiger partial charge in [0, 0.05) is 20.9 Å². The summed E-state index contributed by atoms with van der Waals surface area (Å²) in [6.07, 6.45) is 4.32. The number of hydrogen-bond acceptors (Lipinski definition) is 5. The molecule has 1 aliphatic rings. The average molecular weight is 387 g/mol. The average Bonchev–Trinajstić information content (AvgIpc) is 2.94. The van der Waals surface area contributed by atoms with Gasteiger partial charge in [0.1, 0.15) is 0 Å². The molecule has 0 radical (unpaired) electrons. The van der Waals surface area contributed by atoms with E-state index in [1.807, 2.05) is 0 Å². The van der Waals surface area contributed by atoms with Crippen molar-refractivity contribution in [2.75, 3.05) is 24.6 Å². The van der Waals surface area contributed by atoms with Crippen LogP contribution in [0.5, 0.6) is 0 Å². The lowest BCUT2D eigenvalue weighted by molar-refractivity contribution is 0.104. The second-order valence-corrected chi connectivity index (χ2v) is 8.77. The number of carbonyl (C=O) groups is 1. The molecule has 1 aliphatic carbocycles. The highest BCUT2D eigenvalue weighted by Crippen LogP contribution is 2.40. The molecule has 0 amide bonds. The number of unbranched alkanes of at least 4 members (excludes halogenated alkanes) is 2. The lowest BCUT2D eigenvalue weighted by Crippen LogP contribution is -1.99. The Morgan fingerprint density at radius 3 is 1.54 bits per heavy atom. The van der Waals surface area contributed by atoms with Crippen LogP contribution in [0.15, 0.2) is 46.2 Å². The lowest BCUT2D eigenvalue weighted by Gasteiger charge is -2.05. The van der Waals surface area contributed by atoms with E-state index in [2.05, 4.69) is 36.4 Å².